The van der Waals surface area contributed by atoms with E-state index in [1.165, 1.54) is 19.4 Å². The molecule has 2 aliphatic rings. The van der Waals surface area contributed by atoms with Crippen LogP contribution < -0.4 is 10.1 Å². The Morgan fingerprint density at radius 2 is 1.89 bits per heavy atom. The highest BCUT2D eigenvalue weighted by molar-refractivity contribution is 6.04. The molecule has 2 fully saturated rings. The van der Waals surface area contributed by atoms with Crippen LogP contribution >= 0.6 is 0 Å². The Morgan fingerprint density at radius 1 is 1.16 bits per heavy atom. The highest BCUT2D eigenvalue weighted by Gasteiger charge is 2.38. The first-order valence-corrected chi connectivity index (χ1v) is 12.1. The molecule has 0 radical (unpaired) electrons. The van der Waals surface area contributed by atoms with Gasteiger partial charge in [0.05, 0.1) is 18.7 Å². The quantitative estimate of drug-likeness (QED) is 0.496. The number of alkyl halides is 3. The van der Waals surface area contributed by atoms with Crippen molar-refractivity contribution < 1.29 is 32.6 Å². The standard InChI is InChI=1S/C23H28N6O2.C2HF3O2/c1-27-10-11-28(13-16-6-7-16)15-20(27)22-26-25-21-9-8-17(14-29(21)22)23(30)24-18-4-3-5-19(12-18)31-2;3-2(4,5)1(6)7/h3-5,8-9,12,14,16,20H,6-7,10-11,13,15H2,1-2H3,(H,24,30);(H,6,7). The lowest BCUT2D eigenvalue weighted by Crippen LogP contribution is -2.47. The van der Waals surface area contributed by atoms with Gasteiger partial charge in [-0.3, -0.25) is 19.0 Å². The second-order valence-electron chi connectivity index (χ2n) is 9.39. The lowest BCUT2D eigenvalue weighted by molar-refractivity contribution is -0.192. The number of anilines is 1. The maximum absolute atomic E-state index is 12.9. The summed E-state index contributed by atoms with van der Waals surface area (Å²) in [5.41, 5.74) is 2.00. The molecule has 3 heterocycles. The Kier molecular flexibility index (Phi) is 8.17. The van der Waals surface area contributed by atoms with E-state index in [0.717, 1.165) is 37.0 Å². The van der Waals surface area contributed by atoms with Gasteiger partial charge < -0.3 is 15.2 Å². The predicted octanol–water partition coefficient (Wildman–Crippen LogP) is 3.32. The molecular weight excluding hydrogens is 505 g/mol. The second-order valence-corrected chi connectivity index (χ2v) is 9.39. The zero-order valence-corrected chi connectivity index (χ0v) is 21.0. The zero-order valence-electron chi connectivity index (χ0n) is 21.0. The Labute approximate surface area is 217 Å². The molecule has 1 aliphatic carbocycles. The first-order chi connectivity index (χ1) is 18.0. The number of carbonyl (C=O) groups excluding carboxylic acids is 1. The molecule has 10 nitrogen and oxygen atoms in total. The van der Waals surface area contributed by atoms with Gasteiger partial charge in [-0.1, -0.05) is 6.07 Å². The van der Waals surface area contributed by atoms with Gasteiger partial charge in [0.2, 0.25) is 0 Å². The van der Waals surface area contributed by atoms with Crippen LogP contribution in [-0.2, 0) is 4.79 Å². The average molecular weight is 535 g/mol. The van der Waals surface area contributed by atoms with Gasteiger partial charge in [-0.25, -0.2) is 4.79 Å². The molecule has 2 aromatic heterocycles. The Morgan fingerprint density at radius 3 is 2.55 bits per heavy atom. The number of hydrogen-bond donors (Lipinski definition) is 2. The Hall–Kier alpha value is -3.71. The minimum absolute atomic E-state index is 0.152. The summed E-state index contributed by atoms with van der Waals surface area (Å²) in [5, 5.41) is 18.9. The summed E-state index contributed by atoms with van der Waals surface area (Å²) < 4.78 is 38.9. The number of fused-ring (bicyclic) bond motifs is 1. The third-order valence-electron chi connectivity index (χ3n) is 6.50. The molecular formula is C25H29F3N6O4. The van der Waals surface area contributed by atoms with Gasteiger partial charge in [-0.2, -0.15) is 13.2 Å². The number of benzene rings is 1. The number of carboxylic acid groups (broad SMARTS) is 1. The van der Waals surface area contributed by atoms with E-state index in [1.807, 2.05) is 34.9 Å². The number of pyridine rings is 1. The number of likely N-dealkylation sites (N-methyl/N-ethyl adjacent to an activating group) is 1. The van der Waals surface area contributed by atoms with Crippen molar-refractivity contribution in [3.8, 4) is 5.75 Å². The molecule has 1 atom stereocenters. The number of hydrogen-bond acceptors (Lipinski definition) is 7. The summed E-state index contributed by atoms with van der Waals surface area (Å²) in [6.07, 6.45) is -0.527. The van der Waals surface area contributed by atoms with Gasteiger partial charge in [0.25, 0.3) is 5.91 Å². The van der Waals surface area contributed by atoms with Crippen molar-refractivity contribution in [1.29, 1.82) is 0 Å². The van der Waals surface area contributed by atoms with Crippen LogP contribution in [0.3, 0.4) is 0 Å². The van der Waals surface area contributed by atoms with Crippen molar-refractivity contribution in [2.45, 2.75) is 25.1 Å². The zero-order chi connectivity index (χ0) is 27.4. The van der Waals surface area contributed by atoms with Crippen LogP contribution in [0.5, 0.6) is 5.75 Å². The van der Waals surface area contributed by atoms with Crippen molar-refractivity contribution in [2.24, 2.45) is 5.92 Å². The molecule has 1 aliphatic heterocycles. The average Bonchev–Trinajstić information content (AvgIpc) is 3.60. The Balaban J connectivity index is 0.000000426. The number of nitrogens with one attached hydrogen (secondary N) is 1. The van der Waals surface area contributed by atoms with Crippen LogP contribution in [-0.4, -0.2) is 87.9 Å². The van der Waals surface area contributed by atoms with Gasteiger partial charge in [-0.05, 0) is 50.1 Å². The van der Waals surface area contributed by atoms with Crippen LogP contribution in [0.4, 0.5) is 18.9 Å². The van der Waals surface area contributed by atoms with Gasteiger partial charge in [0.15, 0.2) is 11.5 Å². The van der Waals surface area contributed by atoms with Crippen molar-refractivity contribution in [2.75, 3.05) is 45.7 Å². The van der Waals surface area contributed by atoms with Crippen LogP contribution in [0.1, 0.15) is 35.1 Å². The van der Waals surface area contributed by atoms with Gasteiger partial charge in [0.1, 0.15) is 5.75 Å². The molecule has 0 bridgehead atoms. The minimum Gasteiger partial charge on any atom is -0.497 e. The smallest absolute Gasteiger partial charge is 0.490 e. The molecule has 38 heavy (non-hydrogen) atoms. The van der Waals surface area contributed by atoms with Crippen LogP contribution in [0.15, 0.2) is 42.6 Å². The first-order valence-electron chi connectivity index (χ1n) is 12.1. The predicted molar refractivity (Wildman–Crippen MR) is 132 cm³/mol. The number of aliphatic carboxylic acids is 1. The number of carbonyl (C=O) groups is 2. The molecule has 1 amide bonds. The molecule has 204 valence electrons. The molecule has 3 aromatic rings. The first kappa shape index (κ1) is 27.3. The number of amides is 1. The topological polar surface area (TPSA) is 112 Å². The fourth-order valence-electron chi connectivity index (χ4n) is 4.21. The lowest BCUT2D eigenvalue weighted by atomic mass is 10.1. The summed E-state index contributed by atoms with van der Waals surface area (Å²) >= 11 is 0. The number of ether oxygens (including phenoxy) is 1. The Bertz CT molecular complexity index is 1290. The normalized spacial score (nSPS) is 18.5. The number of methoxy groups -OCH3 is 1. The lowest BCUT2D eigenvalue weighted by Gasteiger charge is -2.38. The summed E-state index contributed by atoms with van der Waals surface area (Å²) in [6, 6.07) is 11.1. The summed E-state index contributed by atoms with van der Waals surface area (Å²) in [6.45, 7) is 4.21. The number of carboxylic acids is 1. The van der Waals surface area contributed by atoms with Crippen molar-refractivity contribution in [3.63, 3.8) is 0 Å². The number of piperazine rings is 1. The molecule has 0 spiro atoms. The largest absolute Gasteiger partial charge is 0.497 e. The van der Waals surface area contributed by atoms with Gasteiger partial charge >= 0.3 is 12.1 Å². The van der Waals surface area contributed by atoms with Gasteiger partial charge in [-0.15, -0.1) is 10.2 Å². The number of rotatable bonds is 6. The SMILES string of the molecule is COc1cccc(NC(=O)c2ccc3nnc(C4CN(CC5CC5)CCN4C)n3c2)c1.O=C(O)C(F)(F)F. The van der Waals surface area contributed by atoms with Crippen LogP contribution in [0.2, 0.25) is 0 Å². The van der Waals surface area contributed by atoms with Crippen LogP contribution in [0.25, 0.3) is 5.65 Å². The van der Waals surface area contributed by atoms with E-state index in [2.05, 4.69) is 32.4 Å². The fourth-order valence-corrected chi connectivity index (χ4v) is 4.21. The molecule has 5 rings (SSSR count). The van der Waals surface area contributed by atoms with Crippen molar-refractivity contribution >= 4 is 23.2 Å². The van der Waals surface area contributed by atoms with Gasteiger partial charge in [0, 0.05) is 44.1 Å². The molecule has 1 aromatic carbocycles. The monoisotopic (exact) mass is 534 g/mol. The van der Waals surface area contributed by atoms with E-state index in [0.29, 0.717) is 17.0 Å². The number of halogens is 3. The van der Waals surface area contributed by atoms with E-state index in [1.54, 1.807) is 19.2 Å². The third-order valence-corrected chi connectivity index (χ3v) is 6.50. The van der Waals surface area contributed by atoms with E-state index < -0.39 is 12.1 Å². The molecule has 2 N–H and O–H groups in total. The summed E-state index contributed by atoms with van der Waals surface area (Å²) in [5.74, 6) is -0.486. The highest BCUT2D eigenvalue weighted by atomic mass is 19.4. The second kappa shape index (κ2) is 11.4. The van der Waals surface area contributed by atoms with E-state index >= 15 is 0 Å². The maximum Gasteiger partial charge on any atom is 0.490 e. The van der Waals surface area contributed by atoms with Crippen molar-refractivity contribution in [3.05, 3.63) is 54.0 Å². The van der Waals surface area contributed by atoms with Crippen LogP contribution in [0, 0.1) is 5.92 Å². The summed E-state index contributed by atoms with van der Waals surface area (Å²) in [4.78, 5) is 26.7. The van der Waals surface area contributed by atoms with E-state index in [4.69, 9.17) is 14.6 Å². The van der Waals surface area contributed by atoms with E-state index in [-0.39, 0.29) is 11.9 Å². The molecule has 1 saturated carbocycles. The molecule has 13 heteroatoms. The fraction of sp³-hybridized carbons (Fsp3) is 0.440. The molecule has 1 unspecified atom stereocenters. The summed E-state index contributed by atoms with van der Waals surface area (Å²) in [7, 11) is 3.75. The molecule has 1 saturated heterocycles. The number of aromatic nitrogens is 3. The maximum atomic E-state index is 12.9. The van der Waals surface area contributed by atoms with Crippen molar-refractivity contribution in [1.82, 2.24) is 24.4 Å². The number of nitrogens with zero attached hydrogens (tertiary/aromatic N) is 5. The third kappa shape index (κ3) is 6.78. The highest BCUT2D eigenvalue weighted by Crippen LogP contribution is 2.32. The minimum atomic E-state index is -5.08. The van der Waals surface area contributed by atoms with E-state index in [9.17, 15) is 18.0 Å².